The molecule has 0 bridgehead atoms. The maximum absolute atomic E-state index is 12.0. The van der Waals surface area contributed by atoms with Gasteiger partial charge in [0.25, 0.3) is 0 Å². The molecule has 1 fully saturated rings. The van der Waals surface area contributed by atoms with E-state index >= 15 is 0 Å². The van der Waals surface area contributed by atoms with E-state index in [4.69, 9.17) is 0 Å². The van der Waals surface area contributed by atoms with Crippen LogP contribution in [0.25, 0.3) is 0 Å². The SMILES string of the molecule is FCCSc1ccc(C2CCNC2)cc1. The van der Waals surface area contributed by atoms with Crippen molar-refractivity contribution in [1.82, 2.24) is 5.32 Å². The number of thioether (sulfide) groups is 1. The van der Waals surface area contributed by atoms with Crippen LogP contribution < -0.4 is 5.32 Å². The van der Waals surface area contributed by atoms with Crippen LogP contribution in [0, 0.1) is 0 Å². The van der Waals surface area contributed by atoms with Crippen molar-refractivity contribution >= 4 is 11.8 Å². The Balaban J connectivity index is 1.96. The Bertz CT molecular complexity index is 293. The topological polar surface area (TPSA) is 12.0 Å². The molecule has 1 atom stereocenters. The van der Waals surface area contributed by atoms with Crippen molar-refractivity contribution in [3.8, 4) is 0 Å². The number of halogens is 1. The molecule has 1 aliphatic heterocycles. The molecule has 0 amide bonds. The predicted octanol–water partition coefficient (Wildman–Crippen LogP) is 2.83. The second kappa shape index (κ2) is 5.52. The maximum atomic E-state index is 12.0. The summed E-state index contributed by atoms with van der Waals surface area (Å²) in [6.45, 7) is 1.97. The molecule has 1 aromatic carbocycles. The molecule has 0 spiro atoms. The van der Waals surface area contributed by atoms with Gasteiger partial charge < -0.3 is 5.32 Å². The van der Waals surface area contributed by atoms with Gasteiger partial charge in [0.2, 0.25) is 0 Å². The summed E-state index contributed by atoms with van der Waals surface area (Å²) in [6.07, 6.45) is 1.23. The molecule has 3 heteroatoms. The molecule has 82 valence electrons. The van der Waals surface area contributed by atoms with E-state index in [2.05, 4.69) is 29.6 Å². The largest absolute Gasteiger partial charge is 0.316 e. The molecule has 15 heavy (non-hydrogen) atoms. The predicted molar refractivity (Wildman–Crippen MR) is 63.4 cm³/mol. The monoisotopic (exact) mass is 225 g/mol. The van der Waals surface area contributed by atoms with Gasteiger partial charge in [-0.2, -0.15) is 0 Å². The highest BCUT2D eigenvalue weighted by molar-refractivity contribution is 7.99. The Labute approximate surface area is 94.5 Å². The molecule has 0 aromatic heterocycles. The highest BCUT2D eigenvalue weighted by Gasteiger charge is 2.15. The minimum Gasteiger partial charge on any atom is -0.316 e. The number of nitrogens with one attached hydrogen (secondary N) is 1. The third-order valence-electron chi connectivity index (χ3n) is 2.76. The lowest BCUT2D eigenvalue weighted by atomic mass is 9.99. The highest BCUT2D eigenvalue weighted by atomic mass is 32.2. The average molecular weight is 225 g/mol. The van der Waals surface area contributed by atoms with Crippen molar-refractivity contribution in [2.45, 2.75) is 17.2 Å². The van der Waals surface area contributed by atoms with Gasteiger partial charge in [0, 0.05) is 17.2 Å². The van der Waals surface area contributed by atoms with Crippen molar-refractivity contribution in [2.24, 2.45) is 0 Å². The third kappa shape index (κ3) is 2.95. The van der Waals surface area contributed by atoms with E-state index in [9.17, 15) is 4.39 Å². The molecule has 0 aliphatic carbocycles. The lowest BCUT2D eigenvalue weighted by Gasteiger charge is -2.09. The first-order valence-corrected chi connectivity index (χ1v) is 6.38. The van der Waals surface area contributed by atoms with Gasteiger partial charge in [0.1, 0.15) is 0 Å². The van der Waals surface area contributed by atoms with Crippen LogP contribution in [0.3, 0.4) is 0 Å². The summed E-state index contributed by atoms with van der Waals surface area (Å²) < 4.78 is 12.0. The van der Waals surface area contributed by atoms with Crippen molar-refractivity contribution < 1.29 is 4.39 Å². The summed E-state index contributed by atoms with van der Waals surface area (Å²) in [6, 6.07) is 8.57. The zero-order chi connectivity index (χ0) is 10.5. The van der Waals surface area contributed by atoms with E-state index in [1.807, 2.05) is 0 Å². The Kier molecular flexibility index (Phi) is 4.03. The Morgan fingerprint density at radius 2 is 2.13 bits per heavy atom. The normalized spacial score (nSPS) is 20.7. The highest BCUT2D eigenvalue weighted by Crippen LogP contribution is 2.25. The standard InChI is InChI=1S/C12H16FNS/c13-6-8-15-12-3-1-10(2-4-12)11-5-7-14-9-11/h1-4,11,14H,5-9H2. The van der Waals surface area contributed by atoms with Gasteiger partial charge in [-0.05, 0) is 36.6 Å². The van der Waals surface area contributed by atoms with Crippen molar-refractivity contribution in [2.75, 3.05) is 25.5 Å². The zero-order valence-corrected chi connectivity index (χ0v) is 9.52. The lowest BCUT2D eigenvalue weighted by molar-refractivity contribution is 0.533. The minimum absolute atomic E-state index is 0.251. The van der Waals surface area contributed by atoms with E-state index < -0.39 is 0 Å². The van der Waals surface area contributed by atoms with Gasteiger partial charge in [0.15, 0.2) is 0 Å². The molecule has 1 nitrogen and oxygen atoms in total. The van der Waals surface area contributed by atoms with Crippen LogP contribution in [0.4, 0.5) is 4.39 Å². The molecule has 0 saturated carbocycles. The first-order valence-electron chi connectivity index (χ1n) is 5.39. The van der Waals surface area contributed by atoms with Gasteiger partial charge in [0.05, 0.1) is 6.67 Å². The van der Waals surface area contributed by atoms with Gasteiger partial charge in [-0.25, -0.2) is 0 Å². The molecule has 1 heterocycles. The molecule has 1 aromatic rings. The van der Waals surface area contributed by atoms with Crippen LogP contribution in [-0.4, -0.2) is 25.5 Å². The van der Waals surface area contributed by atoms with Crippen LogP contribution in [-0.2, 0) is 0 Å². The fourth-order valence-electron chi connectivity index (χ4n) is 1.93. The molecule has 1 N–H and O–H groups in total. The number of alkyl halides is 1. The first kappa shape index (κ1) is 11.0. The summed E-state index contributed by atoms with van der Waals surface area (Å²) >= 11 is 1.58. The minimum atomic E-state index is -0.251. The fourth-order valence-corrected chi connectivity index (χ4v) is 2.57. The molecule has 1 saturated heterocycles. The van der Waals surface area contributed by atoms with Gasteiger partial charge >= 0.3 is 0 Å². The molecular formula is C12H16FNS. The fraction of sp³-hybridized carbons (Fsp3) is 0.500. The number of rotatable bonds is 4. The van der Waals surface area contributed by atoms with Gasteiger partial charge in [-0.15, -0.1) is 11.8 Å². The van der Waals surface area contributed by atoms with Crippen LogP contribution in [0.5, 0.6) is 0 Å². The van der Waals surface area contributed by atoms with E-state index in [1.165, 1.54) is 16.9 Å². The maximum Gasteiger partial charge on any atom is 0.0988 e. The van der Waals surface area contributed by atoms with E-state index in [-0.39, 0.29) is 6.67 Å². The molecule has 1 aliphatic rings. The third-order valence-corrected chi connectivity index (χ3v) is 3.72. The van der Waals surface area contributed by atoms with E-state index in [0.717, 1.165) is 13.1 Å². The van der Waals surface area contributed by atoms with Crippen molar-refractivity contribution in [3.05, 3.63) is 29.8 Å². The Morgan fingerprint density at radius 3 is 2.73 bits per heavy atom. The molecule has 2 rings (SSSR count). The smallest absolute Gasteiger partial charge is 0.0988 e. The molecule has 1 unspecified atom stereocenters. The number of benzene rings is 1. The number of hydrogen-bond acceptors (Lipinski definition) is 2. The summed E-state index contributed by atoms with van der Waals surface area (Å²) in [4.78, 5) is 1.17. The average Bonchev–Trinajstić information content (AvgIpc) is 2.80. The summed E-state index contributed by atoms with van der Waals surface area (Å²) in [5, 5.41) is 3.36. The Hall–Kier alpha value is -0.540. The van der Waals surface area contributed by atoms with Gasteiger partial charge in [-0.3, -0.25) is 4.39 Å². The van der Waals surface area contributed by atoms with E-state index in [0.29, 0.717) is 11.7 Å². The summed E-state index contributed by atoms with van der Waals surface area (Å²) in [5.41, 5.74) is 1.41. The van der Waals surface area contributed by atoms with Crippen LogP contribution in [0.1, 0.15) is 17.9 Å². The van der Waals surface area contributed by atoms with Gasteiger partial charge in [-0.1, -0.05) is 12.1 Å². The van der Waals surface area contributed by atoms with Crippen molar-refractivity contribution in [1.29, 1.82) is 0 Å². The summed E-state index contributed by atoms with van der Waals surface area (Å²) in [7, 11) is 0. The van der Waals surface area contributed by atoms with Crippen LogP contribution in [0.15, 0.2) is 29.2 Å². The van der Waals surface area contributed by atoms with E-state index in [1.54, 1.807) is 11.8 Å². The quantitative estimate of drug-likeness (QED) is 0.791. The van der Waals surface area contributed by atoms with Crippen LogP contribution in [0.2, 0.25) is 0 Å². The second-order valence-electron chi connectivity index (χ2n) is 3.80. The lowest BCUT2D eigenvalue weighted by Crippen LogP contribution is -2.07. The van der Waals surface area contributed by atoms with Crippen LogP contribution >= 0.6 is 11.8 Å². The first-order chi connectivity index (χ1) is 7.40. The van der Waals surface area contributed by atoms with Crippen molar-refractivity contribution in [3.63, 3.8) is 0 Å². The molecular weight excluding hydrogens is 209 g/mol. The Morgan fingerprint density at radius 1 is 1.33 bits per heavy atom. The summed E-state index contributed by atoms with van der Waals surface area (Å²) in [5.74, 6) is 1.23. The second-order valence-corrected chi connectivity index (χ2v) is 4.96. The zero-order valence-electron chi connectivity index (χ0n) is 8.71. The number of hydrogen-bond donors (Lipinski definition) is 1. The molecule has 0 radical (unpaired) electrons.